The number of hydrogen-bond acceptors (Lipinski definition) is 8. The van der Waals surface area contributed by atoms with Gasteiger partial charge in [-0.1, -0.05) is 23.5 Å². The van der Waals surface area contributed by atoms with Crippen molar-refractivity contribution < 1.29 is 44.3 Å². The Bertz CT molecular complexity index is 1510. The molecule has 1 aromatic carbocycles. The molecule has 2 atom stereocenters. The van der Waals surface area contributed by atoms with Crippen LogP contribution in [0.1, 0.15) is 41.1 Å². The summed E-state index contributed by atoms with van der Waals surface area (Å²) in [4.78, 5) is 22.1. The van der Waals surface area contributed by atoms with E-state index in [1.54, 1.807) is 6.92 Å². The van der Waals surface area contributed by atoms with Gasteiger partial charge in [0.15, 0.2) is 12.1 Å². The van der Waals surface area contributed by atoms with Gasteiger partial charge in [0, 0.05) is 31.3 Å². The molecular weight excluding hydrogens is 598 g/mol. The number of hydrogen-bond donors (Lipinski definition) is 1. The Kier molecular flexibility index (Phi) is 8.58. The molecule has 2 aromatic heterocycles. The third kappa shape index (κ3) is 6.75. The van der Waals surface area contributed by atoms with Crippen molar-refractivity contribution in [3.8, 4) is 0 Å². The quantitative estimate of drug-likeness (QED) is 0.328. The summed E-state index contributed by atoms with van der Waals surface area (Å²) in [5, 5.41) is 3.27. The first-order valence-electron chi connectivity index (χ1n) is 12.3. The van der Waals surface area contributed by atoms with Crippen LogP contribution in [0.5, 0.6) is 0 Å². The number of ether oxygens (including phenoxy) is 1. The highest BCUT2D eigenvalue weighted by molar-refractivity contribution is 7.91. The summed E-state index contributed by atoms with van der Waals surface area (Å²) >= 11 is 1.10. The summed E-state index contributed by atoms with van der Waals surface area (Å²) in [6.45, 7) is 1.62. The van der Waals surface area contributed by atoms with Crippen LogP contribution in [0.15, 0.2) is 30.5 Å². The van der Waals surface area contributed by atoms with Gasteiger partial charge in [-0.15, -0.1) is 0 Å². The van der Waals surface area contributed by atoms with E-state index in [-0.39, 0.29) is 57.2 Å². The number of carbonyl (C=O) groups is 1. The Morgan fingerprint density at radius 3 is 2.24 bits per heavy atom. The van der Waals surface area contributed by atoms with Crippen molar-refractivity contribution in [1.82, 2.24) is 14.9 Å². The monoisotopic (exact) mass is 624 g/mol. The van der Waals surface area contributed by atoms with Crippen LogP contribution < -0.4 is 5.32 Å². The number of nitrogens with zero attached hydrogens (tertiary/aromatic N) is 3. The topological polar surface area (TPSA) is 101 Å². The number of halogens is 6. The van der Waals surface area contributed by atoms with Crippen LogP contribution >= 0.6 is 11.3 Å². The molecular formula is C25H26F6N4O4S2. The third-order valence-electron chi connectivity index (χ3n) is 6.82. The van der Waals surface area contributed by atoms with E-state index in [4.69, 9.17) is 4.74 Å². The van der Waals surface area contributed by atoms with E-state index in [1.807, 2.05) is 0 Å². The summed E-state index contributed by atoms with van der Waals surface area (Å²) in [6.07, 6.45) is -10.9. The molecule has 3 aromatic rings. The molecule has 1 saturated heterocycles. The Morgan fingerprint density at radius 1 is 1.10 bits per heavy atom. The second-order valence-corrected chi connectivity index (χ2v) is 13.2. The molecule has 16 heteroatoms. The lowest BCUT2D eigenvalue weighted by molar-refractivity contribution is -0.215. The van der Waals surface area contributed by atoms with E-state index in [1.165, 1.54) is 18.3 Å². The molecule has 1 amide bonds. The van der Waals surface area contributed by atoms with Gasteiger partial charge in [0.25, 0.3) is 0 Å². The molecule has 1 unspecified atom stereocenters. The van der Waals surface area contributed by atoms with E-state index >= 15 is 0 Å². The molecule has 0 bridgehead atoms. The highest BCUT2D eigenvalue weighted by atomic mass is 32.2. The molecule has 1 aliphatic heterocycles. The Hall–Kier alpha value is -2.98. The molecule has 3 heterocycles. The van der Waals surface area contributed by atoms with E-state index < -0.39 is 46.2 Å². The summed E-state index contributed by atoms with van der Waals surface area (Å²) < 4.78 is 112. The predicted molar refractivity (Wildman–Crippen MR) is 141 cm³/mol. The number of thiazole rings is 1. The number of fused-ring (bicyclic) bond motifs is 1. The van der Waals surface area contributed by atoms with Crippen molar-refractivity contribution >= 4 is 48.8 Å². The minimum Gasteiger partial charge on any atom is -0.367 e. The number of nitrogens with one attached hydrogen (secondary N) is 1. The number of alkyl halides is 6. The molecule has 8 nitrogen and oxygen atoms in total. The second kappa shape index (κ2) is 11.4. The van der Waals surface area contributed by atoms with Crippen LogP contribution in [0, 0.1) is 12.8 Å². The second-order valence-electron chi connectivity index (χ2n) is 9.70. The molecule has 0 spiro atoms. The maximum Gasteiger partial charge on any atom is 0.419 e. The predicted octanol–water partition coefficient (Wildman–Crippen LogP) is 5.88. The molecule has 1 N–H and O–H groups in total. The van der Waals surface area contributed by atoms with Gasteiger partial charge < -0.3 is 15.0 Å². The minimum absolute atomic E-state index is 0.00826. The summed E-state index contributed by atoms with van der Waals surface area (Å²) in [6, 6.07) is 2.40. The lowest BCUT2D eigenvalue weighted by atomic mass is 9.98. The highest BCUT2D eigenvalue weighted by Gasteiger charge is 2.47. The number of carbonyl (C=O) groups excluding carboxylic acids is 1. The standard InChI is InChI=1S/C25H26F6N4O4S2/c1-13-33-19-18(21(39-3)25(29,30)31)17(12-32-22(19)40-13)34-16-6-4-14(5-7-16)20(24(26,27)28)35(2)23(36)15-8-10-41(37,38)11-9-15/h4-7,12,15,20-21,34H,8-11H2,1-3H3/t20-,21?/m0/s1. The fourth-order valence-corrected chi connectivity index (χ4v) is 7.13. The zero-order valence-corrected chi connectivity index (χ0v) is 23.6. The average Bonchev–Trinajstić information content (AvgIpc) is 3.25. The van der Waals surface area contributed by atoms with Crippen molar-refractivity contribution in [3.05, 3.63) is 46.6 Å². The largest absolute Gasteiger partial charge is 0.419 e. The fourth-order valence-electron chi connectivity index (χ4n) is 4.87. The number of pyridine rings is 1. The maximum absolute atomic E-state index is 14.2. The maximum atomic E-state index is 14.2. The number of rotatable bonds is 7. The highest BCUT2D eigenvalue weighted by Crippen LogP contribution is 2.44. The first-order valence-corrected chi connectivity index (χ1v) is 14.9. The lowest BCUT2D eigenvalue weighted by Crippen LogP contribution is -2.44. The number of amides is 1. The van der Waals surface area contributed by atoms with E-state index in [9.17, 15) is 39.6 Å². The first kappa shape index (κ1) is 31.0. The summed E-state index contributed by atoms with van der Waals surface area (Å²) in [5.41, 5.74) is -0.534. The minimum atomic E-state index is -4.86. The van der Waals surface area contributed by atoms with Crippen LogP contribution in [0.2, 0.25) is 0 Å². The molecule has 0 saturated carbocycles. The Balaban J connectivity index is 1.63. The van der Waals surface area contributed by atoms with Crippen LogP contribution in [-0.2, 0) is 19.4 Å². The number of methoxy groups -OCH3 is 1. The van der Waals surface area contributed by atoms with Crippen molar-refractivity contribution in [2.45, 2.75) is 44.3 Å². The van der Waals surface area contributed by atoms with Gasteiger partial charge in [0.2, 0.25) is 5.91 Å². The van der Waals surface area contributed by atoms with Crippen LogP contribution in [0.25, 0.3) is 10.3 Å². The zero-order chi connectivity index (χ0) is 30.3. The number of anilines is 2. The number of sulfone groups is 1. The molecule has 0 aliphatic carbocycles. The van der Waals surface area contributed by atoms with E-state index in [2.05, 4.69) is 15.3 Å². The zero-order valence-electron chi connectivity index (χ0n) is 22.0. The average molecular weight is 625 g/mol. The van der Waals surface area contributed by atoms with Gasteiger partial charge in [0.1, 0.15) is 20.2 Å². The van der Waals surface area contributed by atoms with Crippen molar-refractivity contribution in [3.63, 3.8) is 0 Å². The van der Waals surface area contributed by atoms with Gasteiger partial charge in [-0.2, -0.15) is 26.3 Å². The van der Waals surface area contributed by atoms with Crippen molar-refractivity contribution in [2.24, 2.45) is 5.92 Å². The Labute approximate surface area is 235 Å². The SMILES string of the molecule is COC(c1c(Nc2ccc([C@H](N(C)C(=O)C3CCS(=O)(=O)CC3)C(F)(F)F)cc2)cnc2sc(C)nc12)C(F)(F)F. The third-order valence-corrected chi connectivity index (χ3v) is 9.42. The summed E-state index contributed by atoms with van der Waals surface area (Å²) in [5.74, 6) is -2.21. The summed E-state index contributed by atoms with van der Waals surface area (Å²) in [7, 11) is -1.39. The van der Waals surface area contributed by atoms with Crippen LogP contribution in [-0.4, -0.2) is 67.2 Å². The molecule has 1 aliphatic rings. The van der Waals surface area contributed by atoms with E-state index in [0.717, 1.165) is 37.6 Å². The van der Waals surface area contributed by atoms with Crippen LogP contribution in [0.4, 0.5) is 37.7 Å². The number of aromatic nitrogens is 2. The number of benzene rings is 1. The van der Waals surface area contributed by atoms with Crippen molar-refractivity contribution in [2.75, 3.05) is 31.0 Å². The van der Waals surface area contributed by atoms with Gasteiger partial charge in [-0.3, -0.25) is 4.79 Å². The number of aryl methyl sites for hydroxylation is 1. The molecule has 0 radical (unpaired) electrons. The normalized spacial score (nSPS) is 17.8. The fraction of sp³-hybridized carbons (Fsp3) is 0.480. The van der Waals surface area contributed by atoms with Gasteiger partial charge >= 0.3 is 12.4 Å². The Morgan fingerprint density at radius 2 is 1.71 bits per heavy atom. The van der Waals surface area contributed by atoms with Gasteiger partial charge in [0.05, 0.1) is 28.4 Å². The first-order chi connectivity index (χ1) is 19.0. The molecule has 1 fully saturated rings. The van der Waals surface area contributed by atoms with E-state index in [0.29, 0.717) is 9.91 Å². The molecule has 4 rings (SSSR count). The molecule has 224 valence electrons. The van der Waals surface area contributed by atoms with Crippen LogP contribution in [0.3, 0.4) is 0 Å². The van der Waals surface area contributed by atoms with Crippen molar-refractivity contribution in [1.29, 1.82) is 0 Å². The molecule has 41 heavy (non-hydrogen) atoms. The smallest absolute Gasteiger partial charge is 0.367 e. The van der Waals surface area contributed by atoms with Gasteiger partial charge in [-0.05, 0) is 37.5 Å². The van der Waals surface area contributed by atoms with Gasteiger partial charge in [-0.25, -0.2) is 18.4 Å². The lowest BCUT2D eigenvalue weighted by Gasteiger charge is -2.34.